The molecule has 0 aliphatic rings. The number of carbonyl (C=O) groups excluding carboxylic acids is 1. The zero-order chi connectivity index (χ0) is 24.9. The topological polar surface area (TPSA) is 96.2 Å². The zero-order valence-corrected chi connectivity index (χ0v) is 20.8. The molecule has 2 N–H and O–H groups in total. The summed E-state index contributed by atoms with van der Waals surface area (Å²) in [5.74, 6) is 1.49. The normalized spacial score (nSPS) is 10.8. The number of benzene rings is 2. The van der Waals surface area contributed by atoms with E-state index in [2.05, 4.69) is 44.5 Å². The minimum absolute atomic E-state index is 0.328. The first kappa shape index (κ1) is 24.2. The molecule has 35 heavy (non-hydrogen) atoms. The molecule has 0 atom stereocenters. The number of aryl methyl sites for hydroxylation is 2. The van der Waals surface area contributed by atoms with Crippen molar-refractivity contribution in [3.05, 3.63) is 76.6 Å². The standard InChI is InChI=1S/C26H27ClN6O2/c1-5-33(6-2)22-15-16(3)28-26(31-22)30-19-13-11-18(12-14-19)29-25(34)23-17(4)35-32-24(23)20-9-7-8-10-21(20)27/h7-15H,5-6H2,1-4H3,(H,29,34)(H,28,30,31). The quantitative estimate of drug-likeness (QED) is 0.301. The van der Waals surface area contributed by atoms with Gasteiger partial charge in [0.05, 0.1) is 5.02 Å². The zero-order valence-electron chi connectivity index (χ0n) is 20.1. The molecular formula is C26H27ClN6O2. The van der Waals surface area contributed by atoms with Gasteiger partial charge in [-0.15, -0.1) is 0 Å². The fraction of sp³-hybridized carbons (Fsp3) is 0.231. The molecule has 180 valence electrons. The SMILES string of the molecule is CCN(CC)c1cc(C)nc(Nc2ccc(NC(=O)c3c(-c4ccccc4Cl)noc3C)cc2)n1. The molecule has 1 amide bonds. The highest BCUT2D eigenvalue weighted by Gasteiger charge is 2.23. The lowest BCUT2D eigenvalue weighted by Crippen LogP contribution is -2.23. The largest absolute Gasteiger partial charge is 0.360 e. The molecule has 0 spiro atoms. The summed E-state index contributed by atoms with van der Waals surface area (Å²) in [6.07, 6.45) is 0. The van der Waals surface area contributed by atoms with E-state index in [1.54, 1.807) is 31.2 Å². The van der Waals surface area contributed by atoms with Crippen LogP contribution in [0.4, 0.5) is 23.1 Å². The molecule has 0 saturated heterocycles. The Kier molecular flexibility index (Phi) is 7.31. The van der Waals surface area contributed by atoms with E-state index in [0.29, 0.717) is 39.2 Å². The third-order valence-electron chi connectivity index (χ3n) is 5.55. The fourth-order valence-corrected chi connectivity index (χ4v) is 3.98. The number of aromatic nitrogens is 3. The lowest BCUT2D eigenvalue weighted by atomic mass is 10.1. The third kappa shape index (κ3) is 5.44. The van der Waals surface area contributed by atoms with Crippen LogP contribution in [0.25, 0.3) is 11.3 Å². The average Bonchev–Trinajstić information content (AvgIpc) is 3.22. The Morgan fingerprint density at radius 2 is 1.69 bits per heavy atom. The van der Waals surface area contributed by atoms with Crippen molar-refractivity contribution in [1.82, 2.24) is 15.1 Å². The van der Waals surface area contributed by atoms with E-state index in [-0.39, 0.29) is 5.91 Å². The molecule has 2 heterocycles. The Hall–Kier alpha value is -3.91. The van der Waals surface area contributed by atoms with Crippen molar-refractivity contribution in [3.63, 3.8) is 0 Å². The van der Waals surface area contributed by atoms with Gasteiger partial charge in [0.15, 0.2) is 0 Å². The Morgan fingerprint density at radius 3 is 2.37 bits per heavy atom. The highest BCUT2D eigenvalue weighted by molar-refractivity contribution is 6.33. The van der Waals surface area contributed by atoms with Crippen molar-refractivity contribution in [2.24, 2.45) is 0 Å². The summed E-state index contributed by atoms with van der Waals surface area (Å²) in [4.78, 5) is 24.4. The van der Waals surface area contributed by atoms with Gasteiger partial charge in [-0.25, -0.2) is 4.98 Å². The van der Waals surface area contributed by atoms with Gasteiger partial charge in [0.1, 0.15) is 22.8 Å². The van der Waals surface area contributed by atoms with Crippen molar-refractivity contribution in [2.45, 2.75) is 27.7 Å². The number of nitrogens with zero attached hydrogens (tertiary/aromatic N) is 4. The number of anilines is 4. The van der Waals surface area contributed by atoms with Gasteiger partial charge in [0, 0.05) is 41.8 Å². The number of nitrogens with one attached hydrogen (secondary N) is 2. The first-order chi connectivity index (χ1) is 16.9. The van der Waals surface area contributed by atoms with Gasteiger partial charge < -0.3 is 20.1 Å². The molecule has 0 saturated carbocycles. The van der Waals surface area contributed by atoms with Gasteiger partial charge in [0.25, 0.3) is 5.91 Å². The van der Waals surface area contributed by atoms with E-state index in [9.17, 15) is 4.79 Å². The van der Waals surface area contributed by atoms with Crippen molar-refractivity contribution in [1.29, 1.82) is 0 Å². The molecule has 0 aliphatic carbocycles. The molecule has 4 rings (SSSR count). The first-order valence-electron chi connectivity index (χ1n) is 11.4. The van der Waals surface area contributed by atoms with Crippen LogP contribution < -0.4 is 15.5 Å². The van der Waals surface area contributed by atoms with E-state index >= 15 is 0 Å². The monoisotopic (exact) mass is 490 g/mol. The predicted molar refractivity (Wildman–Crippen MR) is 140 cm³/mol. The number of halogens is 1. The highest BCUT2D eigenvalue weighted by Crippen LogP contribution is 2.31. The van der Waals surface area contributed by atoms with Crippen molar-refractivity contribution < 1.29 is 9.32 Å². The fourth-order valence-electron chi connectivity index (χ4n) is 3.75. The van der Waals surface area contributed by atoms with Crippen LogP contribution in [-0.2, 0) is 0 Å². The second-order valence-corrected chi connectivity index (χ2v) is 8.37. The second-order valence-electron chi connectivity index (χ2n) is 7.96. The summed E-state index contributed by atoms with van der Waals surface area (Å²) in [7, 11) is 0. The summed E-state index contributed by atoms with van der Waals surface area (Å²) in [6.45, 7) is 9.57. The van der Waals surface area contributed by atoms with Crippen molar-refractivity contribution in [2.75, 3.05) is 28.6 Å². The molecule has 9 heteroatoms. The molecule has 0 unspecified atom stereocenters. The number of amides is 1. The number of hydrogen-bond acceptors (Lipinski definition) is 7. The van der Waals surface area contributed by atoms with Gasteiger partial charge in [-0.3, -0.25) is 4.79 Å². The molecule has 8 nitrogen and oxygen atoms in total. The van der Waals surface area contributed by atoms with E-state index in [1.165, 1.54) is 0 Å². The number of carbonyl (C=O) groups is 1. The van der Waals surface area contributed by atoms with E-state index in [4.69, 9.17) is 16.1 Å². The summed E-state index contributed by atoms with van der Waals surface area (Å²) in [6, 6.07) is 16.5. The Bertz CT molecular complexity index is 1330. The van der Waals surface area contributed by atoms with E-state index in [0.717, 1.165) is 30.3 Å². The number of rotatable bonds is 8. The maximum Gasteiger partial charge on any atom is 0.261 e. The van der Waals surface area contributed by atoms with Crippen LogP contribution in [-0.4, -0.2) is 34.1 Å². The minimum atomic E-state index is -0.328. The molecule has 2 aromatic carbocycles. The Balaban J connectivity index is 1.50. The minimum Gasteiger partial charge on any atom is -0.360 e. The maximum absolute atomic E-state index is 13.1. The second kappa shape index (κ2) is 10.6. The van der Waals surface area contributed by atoms with E-state index < -0.39 is 0 Å². The van der Waals surface area contributed by atoms with Gasteiger partial charge in [-0.1, -0.05) is 35.0 Å². The van der Waals surface area contributed by atoms with Gasteiger partial charge in [-0.2, -0.15) is 4.98 Å². The molecule has 0 fully saturated rings. The summed E-state index contributed by atoms with van der Waals surface area (Å²) in [5.41, 5.74) is 3.70. The first-order valence-corrected chi connectivity index (χ1v) is 11.8. The van der Waals surface area contributed by atoms with Gasteiger partial charge in [-0.05, 0) is 58.0 Å². The average molecular weight is 491 g/mol. The van der Waals surface area contributed by atoms with Crippen molar-refractivity contribution in [3.8, 4) is 11.3 Å². The van der Waals surface area contributed by atoms with Crippen LogP contribution in [0.1, 0.15) is 35.7 Å². The summed E-state index contributed by atoms with van der Waals surface area (Å²) < 4.78 is 5.30. The van der Waals surface area contributed by atoms with Gasteiger partial charge >= 0.3 is 0 Å². The lowest BCUT2D eigenvalue weighted by molar-refractivity contribution is 0.102. The Labute approximate surface area is 209 Å². The highest BCUT2D eigenvalue weighted by atomic mass is 35.5. The Morgan fingerprint density at radius 1 is 1.00 bits per heavy atom. The number of hydrogen-bond donors (Lipinski definition) is 2. The van der Waals surface area contributed by atoms with Crippen LogP contribution in [0.5, 0.6) is 0 Å². The van der Waals surface area contributed by atoms with Crippen LogP contribution >= 0.6 is 11.6 Å². The predicted octanol–water partition coefficient (Wildman–Crippen LogP) is 6.24. The molecule has 2 aromatic heterocycles. The lowest BCUT2D eigenvalue weighted by Gasteiger charge is -2.20. The summed E-state index contributed by atoms with van der Waals surface area (Å²) >= 11 is 6.31. The molecule has 4 aromatic rings. The molecular weight excluding hydrogens is 464 g/mol. The van der Waals surface area contributed by atoms with Crippen LogP contribution in [0.3, 0.4) is 0 Å². The summed E-state index contributed by atoms with van der Waals surface area (Å²) in [5, 5.41) is 10.7. The van der Waals surface area contributed by atoms with Crippen molar-refractivity contribution >= 4 is 40.6 Å². The molecule has 0 bridgehead atoms. The molecule has 0 radical (unpaired) electrons. The smallest absolute Gasteiger partial charge is 0.261 e. The van der Waals surface area contributed by atoms with Crippen LogP contribution in [0, 0.1) is 13.8 Å². The van der Waals surface area contributed by atoms with E-state index in [1.807, 2.05) is 37.3 Å². The third-order valence-corrected chi connectivity index (χ3v) is 5.88. The molecule has 0 aliphatic heterocycles. The van der Waals surface area contributed by atoms with Crippen LogP contribution in [0.2, 0.25) is 5.02 Å². The van der Waals surface area contributed by atoms with Gasteiger partial charge in [0.2, 0.25) is 5.95 Å². The maximum atomic E-state index is 13.1. The van der Waals surface area contributed by atoms with Crippen LogP contribution in [0.15, 0.2) is 59.1 Å².